The Morgan fingerprint density at radius 1 is 1.28 bits per heavy atom. The second kappa shape index (κ2) is 9.92. The number of hydrogen-bond acceptors (Lipinski definition) is 6. The van der Waals surface area contributed by atoms with Crippen molar-refractivity contribution >= 4 is 68.1 Å². The number of nitrogens with zero attached hydrogens (tertiary/aromatic N) is 3. The van der Waals surface area contributed by atoms with E-state index in [0.29, 0.717) is 5.92 Å². The van der Waals surface area contributed by atoms with E-state index in [1.165, 1.54) is 11.3 Å². The molecule has 0 radical (unpaired) electrons. The standard InChI is InChI=1S/C16H24N4OS2.2ClH/c1-3-19(4-2)16-18-14-12(23-16)9-13(22-14)15(21)20-7-5-11(10-17)6-8-20;;/h9,11H,3-8,10,17H2,1-2H3;2*1H. The minimum absolute atomic E-state index is 0. The number of halogens is 2. The Morgan fingerprint density at radius 3 is 2.44 bits per heavy atom. The summed E-state index contributed by atoms with van der Waals surface area (Å²) in [7, 11) is 0. The van der Waals surface area contributed by atoms with Gasteiger partial charge in [-0.2, -0.15) is 0 Å². The number of fused-ring (bicyclic) bond motifs is 1. The van der Waals surface area contributed by atoms with Crippen LogP contribution in [-0.2, 0) is 0 Å². The van der Waals surface area contributed by atoms with Gasteiger partial charge in [-0.15, -0.1) is 36.2 Å². The maximum atomic E-state index is 12.7. The summed E-state index contributed by atoms with van der Waals surface area (Å²) in [5, 5.41) is 1.05. The van der Waals surface area contributed by atoms with Crippen molar-refractivity contribution in [3.8, 4) is 0 Å². The van der Waals surface area contributed by atoms with E-state index >= 15 is 0 Å². The summed E-state index contributed by atoms with van der Waals surface area (Å²) in [6.45, 7) is 8.57. The molecule has 25 heavy (non-hydrogen) atoms. The largest absolute Gasteiger partial charge is 0.349 e. The number of aromatic nitrogens is 1. The normalized spacial score (nSPS) is 14.9. The van der Waals surface area contributed by atoms with Gasteiger partial charge in [0.25, 0.3) is 5.91 Å². The molecule has 0 aromatic carbocycles. The van der Waals surface area contributed by atoms with Crippen LogP contribution < -0.4 is 10.6 Å². The first-order valence-electron chi connectivity index (χ1n) is 8.30. The van der Waals surface area contributed by atoms with E-state index in [2.05, 4.69) is 18.7 Å². The lowest BCUT2D eigenvalue weighted by Gasteiger charge is -2.31. The van der Waals surface area contributed by atoms with Crippen molar-refractivity contribution < 1.29 is 4.79 Å². The van der Waals surface area contributed by atoms with Crippen LogP contribution in [-0.4, -0.2) is 48.5 Å². The molecule has 5 nitrogen and oxygen atoms in total. The van der Waals surface area contributed by atoms with Crippen LogP contribution in [0.2, 0.25) is 0 Å². The number of likely N-dealkylation sites (tertiary alicyclic amines) is 1. The van der Waals surface area contributed by atoms with Gasteiger partial charge in [-0.25, -0.2) is 4.98 Å². The molecule has 1 aliphatic heterocycles. The molecule has 1 fully saturated rings. The van der Waals surface area contributed by atoms with Crippen LogP contribution in [0.4, 0.5) is 5.13 Å². The summed E-state index contributed by atoms with van der Waals surface area (Å²) in [6, 6.07) is 2.02. The molecule has 3 rings (SSSR count). The van der Waals surface area contributed by atoms with Crippen LogP contribution in [0.5, 0.6) is 0 Å². The zero-order chi connectivity index (χ0) is 16.4. The number of hydrogen-bond donors (Lipinski definition) is 1. The van der Waals surface area contributed by atoms with Crippen LogP contribution in [0.3, 0.4) is 0 Å². The highest BCUT2D eigenvalue weighted by Gasteiger charge is 2.25. The van der Waals surface area contributed by atoms with E-state index in [0.717, 1.165) is 65.1 Å². The first kappa shape index (κ1) is 22.4. The summed E-state index contributed by atoms with van der Waals surface area (Å²) in [5.41, 5.74) is 5.72. The number of carbonyl (C=O) groups is 1. The molecule has 3 heterocycles. The van der Waals surface area contributed by atoms with Gasteiger partial charge in [-0.1, -0.05) is 11.3 Å². The summed E-state index contributed by atoms with van der Waals surface area (Å²) in [4.78, 5) is 23.4. The van der Waals surface area contributed by atoms with E-state index in [-0.39, 0.29) is 30.7 Å². The first-order valence-corrected chi connectivity index (χ1v) is 9.94. The van der Waals surface area contributed by atoms with Crippen molar-refractivity contribution in [2.45, 2.75) is 26.7 Å². The summed E-state index contributed by atoms with van der Waals surface area (Å²) in [6.07, 6.45) is 2.04. The smallest absolute Gasteiger partial charge is 0.264 e. The number of carbonyl (C=O) groups excluding carboxylic acids is 1. The molecule has 0 unspecified atom stereocenters. The number of nitrogens with two attached hydrogens (primary N) is 1. The Morgan fingerprint density at radius 2 is 1.92 bits per heavy atom. The fourth-order valence-electron chi connectivity index (χ4n) is 2.99. The maximum absolute atomic E-state index is 12.7. The predicted octanol–water partition coefficient (Wildman–Crippen LogP) is 3.86. The average Bonchev–Trinajstić information content (AvgIpc) is 3.14. The second-order valence-corrected chi connectivity index (χ2v) is 7.96. The molecule has 1 amide bonds. The van der Waals surface area contributed by atoms with E-state index in [4.69, 9.17) is 10.7 Å². The molecule has 9 heteroatoms. The van der Waals surface area contributed by atoms with E-state index in [1.807, 2.05) is 11.0 Å². The third-order valence-corrected chi connectivity index (χ3v) is 6.77. The highest BCUT2D eigenvalue weighted by Crippen LogP contribution is 2.35. The molecular weight excluding hydrogens is 399 g/mol. The van der Waals surface area contributed by atoms with Crippen molar-refractivity contribution in [1.29, 1.82) is 0 Å². The number of thiophene rings is 1. The van der Waals surface area contributed by atoms with Gasteiger partial charge in [0.05, 0.1) is 9.58 Å². The molecule has 0 saturated carbocycles. The third-order valence-electron chi connectivity index (χ3n) is 4.56. The highest BCUT2D eigenvalue weighted by atomic mass is 35.5. The fraction of sp³-hybridized carbons (Fsp3) is 0.625. The lowest BCUT2D eigenvalue weighted by atomic mass is 9.97. The van der Waals surface area contributed by atoms with Gasteiger partial charge in [0, 0.05) is 26.2 Å². The Kier molecular flexibility index (Phi) is 8.91. The zero-order valence-corrected chi connectivity index (χ0v) is 17.8. The molecule has 2 aromatic rings. The minimum atomic E-state index is 0. The molecule has 1 saturated heterocycles. The lowest BCUT2D eigenvalue weighted by molar-refractivity contribution is 0.0698. The summed E-state index contributed by atoms with van der Waals surface area (Å²) < 4.78 is 1.12. The van der Waals surface area contributed by atoms with Crippen LogP contribution in [0, 0.1) is 5.92 Å². The van der Waals surface area contributed by atoms with Gasteiger partial charge >= 0.3 is 0 Å². The van der Waals surface area contributed by atoms with Gasteiger partial charge in [0.1, 0.15) is 4.83 Å². The quantitative estimate of drug-likeness (QED) is 0.790. The molecule has 142 valence electrons. The molecule has 0 atom stereocenters. The summed E-state index contributed by atoms with van der Waals surface area (Å²) in [5.74, 6) is 0.726. The van der Waals surface area contributed by atoms with Crippen molar-refractivity contribution in [3.05, 3.63) is 10.9 Å². The Bertz CT molecular complexity index is 647. The molecular formula is C16H26Cl2N4OS2. The van der Waals surface area contributed by atoms with Crippen LogP contribution >= 0.6 is 47.5 Å². The van der Waals surface area contributed by atoms with Gasteiger partial charge in [0.15, 0.2) is 5.13 Å². The maximum Gasteiger partial charge on any atom is 0.264 e. The molecule has 2 N–H and O–H groups in total. The number of piperidine rings is 1. The van der Waals surface area contributed by atoms with Gasteiger partial charge in [0.2, 0.25) is 0 Å². The minimum Gasteiger partial charge on any atom is -0.349 e. The average molecular weight is 425 g/mol. The highest BCUT2D eigenvalue weighted by molar-refractivity contribution is 7.29. The second-order valence-electron chi connectivity index (χ2n) is 5.92. The van der Waals surface area contributed by atoms with E-state index < -0.39 is 0 Å². The van der Waals surface area contributed by atoms with Crippen molar-refractivity contribution in [2.24, 2.45) is 11.7 Å². The first-order chi connectivity index (χ1) is 11.2. The Labute approximate surface area is 169 Å². The zero-order valence-electron chi connectivity index (χ0n) is 14.6. The lowest BCUT2D eigenvalue weighted by Crippen LogP contribution is -2.39. The monoisotopic (exact) mass is 424 g/mol. The van der Waals surface area contributed by atoms with Crippen LogP contribution in [0.1, 0.15) is 36.4 Å². The van der Waals surface area contributed by atoms with Crippen molar-refractivity contribution in [3.63, 3.8) is 0 Å². The molecule has 0 bridgehead atoms. The van der Waals surface area contributed by atoms with Crippen molar-refractivity contribution in [1.82, 2.24) is 9.88 Å². The summed E-state index contributed by atoms with van der Waals surface area (Å²) >= 11 is 3.20. The molecule has 2 aromatic heterocycles. The van der Waals surface area contributed by atoms with Gasteiger partial charge < -0.3 is 15.5 Å². The topological polar surface area (TPSA) is 62.5 Å². The number of thiazole rings is 1. The molecule has 1 aliphatic rings. The predicted molar refractivity (Wildman–Crippen MR) is 113 cm³/mol. The van der Waals surface area contributed by atoms with Crippen LogP contribution in [0.25, 0.3) is 9.53 Å². The number of rotatable bonds is 5. The van der Waals surface area contributed by atoms with E-state index in [9.17, 15) is 4.79 Å². The van der Waals surface area contributed by atoms with Gasteiger partial charge in [-0.3, -0.25) is 4.79 Å². The van der Waals surface area contributed by atoms with E-state index in [1.54, 1.807) is 11.3 Å². The van der Waals surface area contributed by atoms with Crippen molar-refractivity contribution in [2.75, 3.05) is 37.6 Å². The Hall–Kier alpha value is -0.600. The number of anilines is 1. The molecule has 0 aliphatic carbocycles. The number of amides is 1. The van der Waals surface area contributed by atoms with Gasteiger partial charge in [-0.05, 0) is 45.2 Å². The third kappa shape index (κ3) is 4.77. The SMILES string of the molecule is CCN(CC)c1nc2sc(C(=O)N3CCC(CN)CC3)cc2s1.Cl.Cl. The Balaban J connectivity index is 0.00000156. The van der Waals surface area contributed by atoms with Crippen LogP contribution in [0.15, 0.2) is 6.07 Å². The fourth-order valence-corrected chi connectivity index (χ4v) is 5.29. The molecule has 0 spiro atoms.